The zero-order chi connectivity index (χ0) is 30.0. The minimum absolute atomic E-state index is 0.0264. The highest BCUT2D eigenvalue weighted by atomic mass is 19.1. The molecule has 4 aromatic rings. The van der Waals surface area contributed by atoms with Gasteiger partial charge in [-0.25, -0.2) is 18.6 Å². The molecule has 13 heteroatoms. The van der Waals surface area contributed by atoms with Gasteiger partial charge in [-0.15, -0.1) is 0 Å². The third kappa shape index (κ3) is 6.11. The highest BCUT2D eigenvalue weighted by Crippen LogP contribution is 2.32. The van der Waals surface area contributed by atoms with E-state index >= 15 is 8.78 Å². The summed E-state index contributed by atoms with van der Waals surface area (Å²) in [5, 5.41) is 10.6. The molecule has 3 unspecified atom stereocenters. The fourth-order valence-electron chi connectivity index (χ4n) is 5.16. The molecule has 1 saturated heterocycles. The normalized spacial score (nSPS) is 18.9. The van der Waals surface area contributed by atoms with Gasteiger partial charge >= 0.3 is 6.09 Å². The second-order valence-electron chi connectivity index (χ2n) is 10.7. The van der Waals surface area contributed by atoms with Crippen molar-refractivity contribution in [1.82, 2.24) is 24.9 Å². The summed E-state index contributed by atoms with van der Waals surface area (Å²) in [6.45, 7) is 6.91. The van der Waals surface area contributed by atoms with Gasteiger partial charge in [0.2, 0.25) is 5.95 Å². The van der Waals surface area contributed by atoms with Crippen LogP contribution in [0.25, 0.3) is 16.8 Å². The van der Waals surface area contributed by atoms with Crippen LogP contribution in [0.4, 0.5) is 30.9 Å². The zero-order valence-electron chi connectivity index (χ0n) is 23.8. The third-order valence-electron chi connectivity index (χ3n) is 7.19. The molecule has 1 aliphatic rings. The van der Waals surface area contributed by atoms with Crippen molar-refractivity contribution in [2.24, 2.45) is 11.7 Å². The van der Waals surface area contributed by atoms with Crippen LogP contribution in [0, 0.1) is 17.6 Å². The van der Waals surface area contributed by atoms with E-state index in [4.69, 9.17) is 15.2 Å². The fourth-order valence-corrected chi connectivity index (χ4v) is 5.16. The number of nitrogens with zero attached hydrogens (tertiary/aromatic N) is 5. The van der Waals surface area contributed by atoms with Gasteiger partial charge in [-0.3, -0.25) is 4.98 Å². The Hall–Kier alpha value is -4.36. The Balaban J connectivity index is 1.41. The van der Waals surface area contributed by atoms with E-state index in [0.29, 0.717) is 35.8 Å². The highest BCUT2D eigenvalue weighted by molar-refractivity contribution is 5.74. The predicted molar refractivity (Wildman–Crippen MR) is 154 cm³/mol. The third-order valence-corrected chi connectivity index (χ3v) is 7.19. The van der Waals surface area contributed by atoms with Crippen molar-refractivity contribution in [3.8, 4) is 11.3 Å². The second kappa shape index (κ2) is 12.2. The molecule has 3 aromatic heterocycles. The van der Waals surface area contributed by atoms with Crippen molar-refractivity contribution in [1.29, 1.82) is 0 Å². The number of imidazole rings is 1. The van der Waals surface area contributed by atoms with E-state index in [1.54, 1.807) is 30.7 Å². The number of halogens is 2. The van der Waals surface area contributed by atoms with Crippen LogP contribution in [0.15, 0.2) is 48.9 Å². The molecule has 4 N–H and O–H groups in total. The summed E-state index contributed by atoms with van der Waals surface area (Å²) in [7, 11) is 1.32. The van der Waals surface area contributed by atoms with Crippen molar-refractivity contribution in [2.45, 2.75) is 45.6 Å². The first-order valence-corrected chi connectivity index (χ1v) is 13.6. The van der Waals surface area contributed by atoms with E-state index in [1.165, 1.54) is 23.8 Å². The van der Waals surface area contributed by atoms with Crippen molar-refractivity contribution < 1.29 is 23.0 Å². The van der Waals surface area contributed by atoms with Crippen LogP contribution in [0.5, 0.6) is 0 Å². The minimum Gasteiger partial charge on any atom is -0.453 e. The molecule has 1 amide bonds. The number of nitrogens with two attached hydrogens (primary N) is 1. The number of hydrogen-bond donors (Lipinski definition) is 3. The lowest BCUT2D eigenvalue weighted by Gasteiger charge is -2.42. The Kier molecular flexibility index (Phi) is 8.50. The van der Waals surface area contributed by atoms with Crippen LogP contribution >= 0.6 is 0 Å². The fraction of sp³-hybridized carbons (Fsp3) is 0.379. The molecule has 0 radical (unpaired) electrons. The number of amides is 1. The summed E-state index contributed by atoms with van der Waals surface area (Å²) in [6.07, 6.45) is 4.36. The van der Waals surface area contributed by atoms with Crippen LogP contribution in [0.2, 0.25) is 0 Å². The number of fused-ring (bicyclic) bond motifs is 1. The summed E-state index contributed by atoms with van der Waals surface area (Å²) in [6, 6.07) is 7.03. The summed E-state index contributed by atoms with van der Waals surface area (Å²) < 4.78 is 41.9. The molecule has 0 aliphatic carbocycles. The standard InChI is InChI=1S/C29H34F2N8O3/c1-16(2)42-15-18-9-20(30)26(21(31)10-18)23-6-5-19-11-34-28(39(19)37-23)35-24-12-33-8-7-25(24)38-13-17(3)27(22(32)14-38)36-29(40)41-4/h5-12,16-17,22,27H,13-15,32H2,1-4H3,(H,34,35)(H,36,40). The number of anilines is 3. The van der Waals surface area contributed by atoms with Gasteiger partial charge in [0.1, 0.15) is 11.6 Å². The molecule has 0 spiro atoms. The van der Waals surface area contributed by atoms with Gasteiger partial charge in [0.15, 0.2) is 0 Å². The lowest BCUT2D eigenvalue weighted by atomic mass is 9.90. The first-order valence-electron chi connectivity index (χ1n) is 13.6. The number of rotatable bonds is 8. The number of methoxy groups -OCH3 is 1. The average molecular weight is 581 g/mol. The molecule has 1 aliphatic heterocycles. The van der Waals surface area contributed by atoms with E-state index in [2.05, 4.69) is 30.6 Å². The van der Waals surface area contributed by atoms with E-state index in [-0.39, 0.29) is 42.0 Å². The molecule has 1 aromatic carbocycles. The lowest BCUT2D eigenvalue weighted by Crippen LogP contribution is -2.62. The van der Waals surface area contributed by atoms with Crippen molar-refractivity contribution >= 4 is 28.9 Å². The molecule has 0 saturated carbocycles. The number of alkyl carbamates (subject to hydrolysis) is 1. The number of carbonyl (C=O) groups excluding carboxylic acids is 1. The van der Waals surface area contributed by atoms with Crippen molar-refractivity contribution in [3.05, 3.63) is 66.1 Å². The van der Waals surface area contributed by atoms with E-state index in [9.17, 15) is 4.79 Å². The van der Waals surface area contributed by atoms with Crippen LogP contribution in [0.1, 0.15) is 26.3 Å². The number of carbonyl (C=O) groups is 1. The molecule has 1 fully saturated rings. The molecular weight excluding hydrogens is 546 g/mol. The summed E-state index contributed by atoms with van der Waals surface area (Å²) in [5.41, 5.74) is 8.82. The Bertz CT molecular complexity index is 1540. The van der Waals surface area contributed by atoms with Gasteiger partial charge in [-0.1, -0.05) is 6.92 Å². The Morgan fingerprint density at radius 1 is 1.17 bits per heavy atom. The number of pyridine rings is 1. The number of benzene rings is 1. The minimum atomic E-state index is -0.732. The van der Waals surface area contributed by atoms with Crippen molar-refractivity contribution in [2.75, 3.05) is 30.4 Å². The molecule has 42 heavy (non-hydrogen) atoms. The predicted octanol–water partition coefficient (Wildman–Crippen LogP) is 4.25. The Morgan fingerprint density at radius 3 is 2.62 bits per heavy atom. The van der Waals surface area contributed by atoms with Crippen LogP contribution in [0.3, 0.4) is 0 Å². The topological polar surface area (TPSA) is 132 Å². The first-order chi connectivity index (χ1) is 20.1. The van der Waals surface area contributed by atoms with Gasteiger partial charge < -0.3 is 30.7 Å². The van der Waals surface area contributed by atoms with Gasteiger partial charge in [0.05, 0.1) is 66.4 Å². The van der Waals surface area contributed by atoms with Crippen LogP contribution in [-0.2, 0) is 16.1 Å². The quantitative estimate of drug-likeness (QED) is 0.280. The van der Waals surface area contributed by atoms with Gasteiger partial charge in [0.25, 0.3) is 0 Å². The highest BCUT2D eigenvalue weighted by Gasteiger charge is 2.34. The van der Waals surface area contributed by atoms with Gasteiger partial charge in [-0.2, -0.15) is 9.61 Å². The van der Waals surface area contributed by atoms with Crippen LogP contribution < -0.4 is 21.3 Å². The molecular formula is C29H34F2N8O3. The average Bonchev–Trinajstić information content (AvgIpc) is 3.35. The Labute approximate surface area is 242 Å². The van der Waals surface area contributed by atoms with Crippen molar-refractivity contribution in [3.63, 3.8) is 0 Å². The van der Waals surface area contributed by atoms with Crippen LogP contribution in [-0.4, -0.2) is 64.1 Å². The Morgan fingerprint density at radius 2 is 1.93 bits per heavy atom. The molecule has 11 nitrogen and oxygen atoms in total. The lowest BCUT2D eigenvalue weighted by molar-refractivity contribution is 0.0654. The van der Waals surface area contributed by atoms with E-state index < -0.39 is 17.7 Å². The SMILES string of the molecule is COC(=O)NC1C(C)CN(c2ccncc2Nc2ncc3ccc(-c4c(F)cc(COC(C)C)cc4F)nn23)CC1N. The maximum absolute atomic E-state index is 15.1. The maximum Gasteiger partial charge on any atom is 0.407 e. The number of nitrogens with one attached hydrogen (secondary N) is 2. The molecule has 0 bridgehead atoms. The maximum atomic E-state index is 15.1. The number of hydrogen-bond acceptors (Lipinski definition) is 9. The first kappa shape index (κ1) is 29.1. The second-order valence-corrected chi connectivity index (χ2v) is 10.7. The van der Waals surface area contributed by atoms with E-state index in [0.717, 1.165) is 5.69 Å². The number of aromatic nitrogens is 4. The van der Waals surface area contributed by atoms with Gasteiger partial charge in [0, 0.05) is 25.3 Å². The molecule has 5 rings (SSSR count). The summed E-state index contributed by atoms with van der Waals surface area (Å²) in [5.74, 6) is -1.10. The molecule has 3 atom stereocenters. The summed E-state index contributed by atoms with van der Waals surface area (Å²) in [4.78, 5) is 22.6. The number of ether oxygens (including phenoxy) is 2. The summed E-state index contributed by atoms with van der Waals surface area (Å²) >= 11 is 0. The monoisotopic (exact) mass is 580 g/mol. The number of piperidine rings is 1. The zero-order valence-corrected chi connectivity index (χ0v) is 23.8. The largest absolute Gasteiger partial charge is 0.453 e. The van der Waals surface area contributed by atoms with E-state index in [1.807, 2.05) is 26.8 Å². The molecule has 222 valence electrons. The van der Waals surface area contributed by atoms with Gasteiger partial charge in [-0.05, 0) is 55.7 Å². The smallest absolute Gasteiger partial charge is 0.407 e. The molecule has 4 heterocycles.